The molecule has 1 saturated heterocycles. The molecule has 0 unspecified atom stereocenters. The summed E-state index contributed by atoms with van der Waals surface area (Å²) in [6, 6.07) is 10.0. The third-order valence-corrected chi connectivity index (χ3v) is 5.17. The highest BCUT2D eigenvalue weighted by Crippen LogP contribution is 2.34. The predicted octanol–water partition coefficient (Wildman–Crippen LogP) is 4.01. The van der Waals surface area contributed by atoms with Crippen LogP contribution in [0.3, 0.4) is 0 Å². The number of hydrogen-bond acceptors (Lipinski definition) is 4. The van der Waals surface area contributed by atoms with Crippen molar-refractivity contribution in [2.24, 2.45) is 0 Å². The summed E-state index contributed by atoms with van der Waals surface area (Å²) in [5.74, 6) is -1.29. The SMILES string of the molecule is CC[C@H](C)N1C(=O)S/C(=C/c2cccn2-c2cccc(C(=O)O)c2)C1=O. The van der Waals surface area contributed by atoms with E-state index in [0.29, 0.717) is 22.7 Å². The molecule has 2 aromatic rings. The molecule has 26 heavy (non-hydrogen) atoms. The van der Waals surface area contributed by atoms with E-state index in [1.165, 1.54) is 11.0 Å². The number of carboxylic acid groups (broad SMARTS) is 1. The van der Waals surface area contributed by atoms with Crippen LogP contribution in [0, 0.1) is 0 Å². The summed E-state index contributed by atoms with van der Waals surface area (Å²) in [5.41, 5.74) is 1.55. The van der Waals surface area contributed by atoms with Gasteiger partial charge < -0.3 is 9.67 Å². The van der Waals surface area contributed by atoms with Gasteiger partial charge in [0.1, 0.15) is 0 Å². The molecule has 7 heteroatoms. The number of benzene rings is 1. The van der Waals surface area contributed by atoms with Crippen LogP contribution in [0.4, 0.5) is 4.79 Å². The van der Waals surface area contributed by atoms with Crippen molar-refractivity contribution in [1.29, 1.82) is 0 Å². The number of carbonyl (C=O) groups is 3. The van der Waals surface area contributed by atoms with Crippen LogP contribution < -0.4 is 0 Å². The first-order valence-electron chi connectivity index (χ1n) is 8.20. The van der Waals surface area contributed by atoms with E-state index in [-0.39, 0.29) is 22.8 Å². The van der Waals surface area contributed by atoms with Crippen molar-refractivity contribution in [3.05, 3.63) is 58.8 Å². The quantitative estimate of drug-likeness (QED) is 0.805. The molecule has 6 nitrogen and oxygen atoms in total. The van der Waals surface area contributed by atoms with Crippen molar-refractivity contribution in [3.63, 3.8) is 0 Å². The third kappa shape index (κ3) is 3.30. The first kappa shape index (κ1) is 18.0. The van der Waals surface area contributed by atoms with Gasteiger partial charge in [-0.05, 0) is 61.5 Å². The third-order valence-electron chi connectivity index (χ3n) is 4.29. The number of imide groups is 1. The maximum absolute atomic E-state index is 12.6. The molecule has 0 bridgehead atoms. The van der Waals surface area contributed by atoms with Gasteiger partial charge in [-0.2, -0.15) is 0 Å². The second-order valence-corrected chi connectivity index (χ2v) is 6.96. The minimum absolute atomic E-state index is 0.146. The van der Waals surface area contributed by atoms with E-state index in [0.717, 1.165) is 11.8 Å². The number of carboxylic acids is 1. The van der Waals surface area contributed by atoms with Crippen LogP contribution in [0.1, 0.15) is 36.3 Å². The first-order valence-corrected chi connectivity index (χ1v) is 9.02. The zero-order chi connectivity index (χ0) is 18.8. The van der Waals surface area contributed by atoms with Crippen molar-refractivity contribution in [1.82, 2.24) is 9.47 Å². The van der Waals surface area contributed by atoms with Crippen molar-refractivity contribution >= 4 is 35.0 Å². The lowest BCUT2D eigenvalue weighted by atomic mass is 10.2. The molecule has 0 saturated carbocycles. The van der Waals surface area contributed by atoms with Crippen LogP contribution in [0.25, 0.3) is 11.8 Å². The number of hydrogen-bond donors (Lipinski definition) is 1. The number of amides is 2. The van der Waals surface area contributed by atoms with E-state index in [1.54, 1.807) is 41.1 Å². The van der Waals surface area contributed by atoms with Crippen LogP contribution in [-0.2, 0) is 4.79 Å². The number of rotatable bonds is 5. The molecule has 1 aliphatic heterocycles. The van der Waals surface area contributed by atoms with Crippen molar-refractivity contribution in [2.75, 3.05) is 0 Å². The van der Waals surface area contributed by atoms with E-state index in [9.17, 15) is 14.4 Å². The molecule has 134 valence electrons. The molecular formula is C19H18N2O4S. The molecule has 0 aliphatic carbocycles. The number of aromatic nitrogens is 1. The zero-order valence-electron chi connectivity index (χ0n) is 14.4. The highest BCUT2D eigenvalue weighted by molar-refractivity contribution is 8.18. The molecule has 1 atom stereocenters. The Bertz CT molecular complexity index is 916. The molecule has 1 N–H and O–H groups in total. The van der Waals surface area contributed by atoms with Crippen LogP contribution >= 0.6 is 11.8 Å². The molecule has 1 aliphatic rings. The summed E-state index contributed by atoms with van der Waals surface area (Å²) in [6.45, 7) is 3.78. The Morgan fingerprint density at radius 2 is 2.04 bits per heavy atom. The topological polar surface area (TPSA) is 79.6 Å². The van der Waals surface area contributed by atoms with E-state index >= 15 is 0 Å². The summed E-state index contributed by atoms with van der Waals surface area (Å²) in [6.07, 6.45) is 4.15. The van der Waals surface area contributed by atoms with Gasteiger partial charge in [0, 0.05) is 23.6 Å². The van der Waals surface area contributed by atoms with E-state index < -0.39 is 5.97 Å². The van der Waals surface area contributed by atoms with E-state index in [1.807, 2.05) is 19.9 Å². The molecule has 2 amide bonds. The van der Waals surface area contributed by atoms with Gasteiger partial charge in [-0.3, -0.25) is 14.5 Å². The largest absolute Gasteiger partial charge is 0.478 e. The average Bonchev–Trinajstić information content (AvgIpc) is 3.19. The van der Waals surface area contributed by atoms with E-state index in [2.05, 4.69) is 0 Å². The minimum atomic E-state index is -1.00. The maximum Gasteiger partial charge on any atom is 0.335 e. The Kier molecular flexibility index (Phi) is 4.99. The number of aromatic carboxylic acids is 1. The molecule has 1 aromatic carbocycles. The van der Waals surface area contributed by atoms with Gasteiger partial charge in [-0.15, -0.1) is 0 Å². The standard InChI is InChI=1S/C19H18N2O4S/c1-3-12(2)21-17(22)16(26-19(21)25)11-15-8-5-9-20(15)14-7-4-6-13(10-14)18(23)24/h4-12H,3H2,1-2H3,(H,23,24)/b16-11+/t12-/m0/s1. The number of thioether (sulfide) groups is 1. The fourth-order valence-electron chi connectivity index (χ4n) is 2.71. The van der Waals surface area contributed by atoms with Crippen LogP contribution in [-0.4, -0.2) is 37.7 Å². The van der Waals surface area contributed by atoms with Gasteiger partial charge in [0.15, 0.2) is 0 Å². The van der Waals surface area contributed by atoms with Crippen molar-refractivity contribution in [3.8, 4) is 5.69 Å². The fraction of sp³-hybridized carbons (Fsp3) is 0.211. The van der Waals surface area contributed by atoms with Crippen molar-refractivity contribution < 1.29 is 19.5 Å². The Morgan fingerprint density at radius 1 is 1.27 bits per heavy atom. The summed E-state index contributed by atoms with van der Waals surface area (Å²) in [7, 11) is 0. The minimum Gasteiger partial charge on any atom is -0.478 e. The van der Waals surface area contributed by atoms with Gasteiger partial charge in [-0.1, -0.05) is 13.0 Å². The maximum atomic E-state index is 12.6. The summed E-state index contributed by atoms with van der Waals surface area (Å²) in [5, 5.41) is 8.90. The predicted molar refractivity (Wildman–Crippen MR) is 100 cm³/mol. The van der Waals surface area contributed by atoms with Crippen LogP contribution in [0.2, 0.25) is 0 Å². The Morgan fingerprint density at radius 3 is 2.73 bits per heavy atom. The van der Waals surface area contributed by atoms with Gasteiger partial charge in [-0.25, -0.2) is 4.79 Å². The van der Waals surface area contributed by atoms with Gasteiger partial charge >= 0.3 is 5.97 Å². The highest BCUT2D eigenvalue weighted by Gasteiger charge is 2.37. The molecule has 2 heterocycles. The Labute approximate surface area is 155 Å². The molecule has 1 aromatic heterocycles. The van der Waals surface area contributed by atoms with Crippen LogP contribution in [0.5, 0.6) is 0 Å². The van der Waals surface area contributed by atoms with Crippen LogP contribution in [0.15, 0.2) is 47.5 Å². The average molecular weight is 370 g/mol. The lowest BCUT2D eigenvalue weighted by Crippen LogP contribution is -2.36. The molecule has 3 rings (SSSR count). The normalized spacial score (nSPS) is 17.2. The van der Waals surface area contributed by atoms with Gasteiger partial charge in [0.25, 0.3) is 11.1 Å². The van der Waals surface area contributed by atoms with Crippen molar-refractivity contribution in [2.45, 2.75) is 26.3 Å². The fourth-order valence-corrected chi connectivity index (χ4v) is 3.63. The Balaban J connectivity index is 1.96. The first-order chi connectivity index (χ1) is 12.4. The second kappa shape index (κ2) is 7.21. The number of carbonyl (C=O) groups excluding carboxylic acids is 2. The Hall–Kier alpha value is -2.80. The smallest absolute Gasteiger partial charge is 0.335 e. The number of nitrogens with zero attached hydrogens (tertiary/aromatic N) is 2. The van der Waals surface area contributed by atoms with E-state index in [4.69, 9.17) is 5.11 Å². The summed E-state index contributed by atoms with van der Waals surface area (Å²) < 4.78 is 1.78. The monoisotopic (exact) mass is 370 g/mol. The lowest BCUT2D eigenvalue weighted by molar-refractivity contribution is -0.124. The highest BCUT2D eigenvalue weighted by atomic mass is 32.2. The lowest BCUT2D eigenvalue weighted by Gasteiger charge is -2.19. The second-order valence-electron chi connectivity index (χ2n) is 5.97. The van der Waals surface area contributed by atoms with Gasteiger partial charge in [0.05, 0.1) is 10.5 Å². The zero-order valence-corrected chi connectivity index (χ0v) is 15.2. The molecule has 1 fully saturated rings. The summed E-state index contributed by atoms with van der Waals surface area (Å²) in [4.78, 5) is 37.5. The molecular weight excluding hydrogens is 352 g/mol. The molecule has 0 radical (unpaired) electrons. The van der Waals surface area contributed by atoms with Gasteiger partial charge in [0.2, 0.25) is 0 Å². The molecule has 0 spiro atoms. The summed E-state index contributed by atoms with van der Waals surface area (Å²) >= 11 is 0.927.